The van der Waals surface area contributed by atoms with Crippen molar-refractivity contribution in [1.29, 1.82) is 0 Å². The minimum Gasteiger partial charge on any atom is -0.497 e. The Bertz CT molecular complexity index is 589. The summed E-state index contributed by atoms with van der Waals surface area (Å²) in [5.41, 5.74) is 0.991. The summed E-state index contributed by atoms with van der Waals surface area (Å²) in [5.74, 6) is 0.0989. The van der Waals surface area contributed by atoms with Crippen molar-refractivity contribution >= 4 is 12.6 Å². The minimum atomic E-state index is -1.66. The molecule has 2 aromatic rings. The second kappa shape index (κ2) is 6.41. The van der Waals surface area contributed by atoms with Crippen molar-refractivity contribution in [2.45, 2.75) is 6.61 Å². The van der Waals surface area contributed by atoms with Crippen molar-refractivity contribution in [2.24, 2.45) is 0 Å². The van der Waals surface area contributed by atoms with Gasteiger partial charge in [0.2, 0.25) is 0 Å². The summed E-state index contributed by atoms with van der Waals surface area (Å²) in [4.78, 5) is 0. The Labute approximate surface area is 116 Å². The lowest BCUT2D eigenvalue weighted by Gasteiger charge is -2.10. The van der Waals surface area contributed by atoms with E-state index in [2.05, 4.69) is 0 Å². The maximum absolute atomic E-state index is 13.6. The Kier molecular flexibility index (Phi) is 4.60. The van der Waals surface area contributed by atoms with Crippen LogP contribution in [0.25, 0.3) is 0 Å². The molecule has 0 radical (unpaired) electrons. The van der Waals surface area contributed by atoms with Crippen molar-refractivity contribution in [1.82, 2.24) is 0 Å². The Hall–Kier alpha value is -2.05. The zero-order valence-corrected chi connectivity index (χ0v) is 10.9. The lowest BCUT2D eigenvalue weighted by atomic mass is 9.80. The summed E-state index contributed by atoms with van der Waals surface area (Å²) in [6, 6.07) is 10.9. The number of benzene rings is 2. The summed E-state index contributed by atoms with van der Waals surface area (Å²) < 4.78 is 24.0. The Morgan fingerprint density at radius 3 is 2.65 bits per heavy atom. The molecule has 0 atom stereocenters. The number of hydrogen-bond donors (Lipinski definition) is 2. The van der Waals surface area contributed by atoms with Gasteiger partial charge in [-0.2, -0.15) is 0 Å². The molecule has 2 N–H and O–H groups in total. The minimum absolute atomic E-state index is 0.0292. The van der Waals surface area contributed by atoms with E-state index in [1.807, 2.05) is 12.1 Å². The summed E-state index contributed by atoms with van der Waals surface area (Å²) in [5, 5.41) is 18.1. The fourth-order valence-electron chi connectivity index (χ4n) is 1.71. The van der Waals surface area contributed by atoms with Crippen LogP contribution in [0.2, 0.25) is 0 Å². The van der Waals surface area contributed by atoms with E-state index in [0.717, 1.165) is 11.6 Å². The number of halogens is 1. The molecule has 4 nitrogen and oxygen atoms in total. The molecule has 2 aromatic carbocycles. The third-order valence-corrected chi connectivity index (χ3v) is 2.78. The first-order chi connectivity index (χ1) is 9.60. The van der Waals surface area contributed by atoms with E-state index < -0.39 is 12.9 Å². The molecule has 0 saturated carbocycles. The summed E-state index contributed by atoms with van der Waals surface area (Å²) in [7, 11) is -0.0964. The Morgan fingerprint density at radius 2 is 1.95 bits per heavy atom. The van der Waals surface area contributed by atoms with Crippen molar-refractivity contribution < 1.29 is 23.9 Å². The predicted molar refractivity (Wildman–Crippen MR) is 73.6 cm³/mol. The van der Waals surface area contributed by atoms with Crippen LogP contribution < -0.4 is 14.9 Å². The highest BCUT2D eigenvalue weighted by Crippen LogP contribution is 2.18. The van der Waals surface area contributed by atoms with Crippen molar-refractivity contribution in [3.63, 3.8) is 0 Å². The highest BCUT2D eigenvalue weighted by Gasteiger charge is 2.14. The van der Waals surface area contributed by atoms with Gasteiger partial charge in [-0.15, -0.1) is 0 Å². The summed E-state index contributed by atoms with van der Waals surface area (Å²) >= 11 is 0. The fraction of sp³-hybridized carbons (Fsp3) is 0.143. The molecule has 0 aromatic heterocycles. The molecular formula is C14H14BFO4. The maximum Gasteiger partial charge on any atom is 0.488 e. The largest absolute Gasteiger partial charge is 0.497 e. The van der Waals surface area contributed by atoms with Crippen molar-refractivity contribution in [3.05, 3.63) is 53.8 Å². The van der Waals surface area contributed by atoms with Gasteiger partial charge in [0.1, 0.15) is 12.4 Å². The molecule has 20 heavy (non-hydrogen) atoms. The van der Waals surface area contributed by atoms with Gasteiger partial charge in [-0.3, -0.25) is 0 Å². The number of rotatable bonds is 5. The molecule has 0 aliphatic rings. The quantitative estimate of drug-likeness (QED) is 0.803. The molecule has 0 aliphatic carbocycles. The second-order valence-electron chi connectivity index (χ2n) is 4.20. The summed E-state index contributed by atoms with van der Waals surface area (Å²) in [6.07, 6.45) is 0. The van der Waals surface area contributed by atoms with Crippen LogP contribution in [-0.2, 0) is 6.61 Å². The summed E-state index contributed by atoms with van der Waals surface area (Å²) in [6.45, 7) is 0.152. The fourth-order valence-corrected chi connectivity index (χ4v) is 1.71. The lowest BCUT2D eigenvalue weighted by Crippen LogP contribution is -2.29. The predicted octanol–water partition coefficient (Wildman–Crippen LogP) is 1.09. The lowest BCUT2D eigenvalue weighted by molar-refractivity contribution is 0.289. The topological polar surface area (TPSA) is 58.9 Å². The first-order valence-corrected chi connectivity index (χ1v) is 6.01. The number of methoxy groups -OCH3 is 1. The molecule has 6 heteroatoms. The Morgan fingerprint density at radius 1 is 1.15 bits per heavy atom. The van der Waals surface area contributed by atoms with Crippen LogP contribution in [0.5, 0.6) is 11.5 Å². The molecule has 0 unspecified atom stereocenters. The van der Waals surface area contributed by atoms with E-state index in [1.54, 1.807) is 19.2 Å². The molecule has 2 rings (SSSR count). The highest BCUT2D eigenvalue weighted by molar-refractivity contribution is 6.58. The second-order valence-corrected chi connectivity index (χ2v) is 4.20. The van der Waals surface area contributed by atoms with Gasteiger partial charge < -0.3 is 19.5 Å². The highest BCUT2D eigenvalue weighted by atomic mass is 19.1. The van der Waals surface area contributed by atoms with Crippen molar-refractivity contribution in [2.75, 3.05) is 7.11 Å². The van der Waals surface area contributed by atoms with Gasteiger partial charge in [-0.1, -0.05) is 18.2 Å². The van der Waals surface area contributed by atoms with Crippen LogP contribution >= 0.6 is 0 Å². The standard InChI is InChI=1S/C14H14BFO4/c1-19-12-4-2-3-10(7-12)9-20-14-8-11(15(17)18)5-6-13(14)16/h2-8,17-18H,9H2,1H3. The van der Waals surface area contributed by atoms with Crippen LogP contribution in [0, 0.1) is 5.82 Å². The van der Waals surface area contributed by atoms with Crippen LogP contribution in [-0.4, -0.2) is 24.3 Å². The molecule has 0 fully saturated rings. The van der Waals surface area contributed by atoms with E-state index in [1.165, 1.54) is 12.1 Å². The van der Waals surface area contributed by atoms with Crippen LogP contribution in [0.4, 0.5) is 4.39 Å². The van der Waals surface area contributed by atoms with E-state index in [0.29, 0.717) is 5.75 Å². The van der Waals surface area contributed by atoms with E-state index in [-0.39, 0.29) is 17.8 Å². The zero-order chi connectivity index (χ0) is 14.5. The zero-order valence-electron chi connectivity index (χ0n) is 10.9. The monoisotopic (exact) mass is 276 g/mol. The van der Waals surface area contributed by atoms with Gasteiger partial charge in [0.15, 0.2) is 11.6 Å². The molecule has 0 aliphatic heterocycles. The molecule has 0 saturated heterocycles. The van der Waals surface area contributed by atoms with Crippen LogP contribution in [0.1, 0.15) is 5.56 Å². The molecule has 0 amide bonds. The average molecular weight is 276 g/mol. The average Bonchev–Trinajstić information content (AvgIpc) is 2.46. The third kappa shape index (κ3) is 3.49. The number of hydrogen-bond acceptors (Lipinski definition) is 4. The maximum atomic E-state index is 13.6. The Balaban J connectivity index is 2.11. The molecule has 0 spiro atoms. The first-order valence-electron chi connectivity index (χ1n) is 6.01. The molecule has 0 bridgehead atoms. The third-order valence-electron chi connectivity index (χ3n) is 2.78. The SMILES string of the molecule is COc1cccc(COc2cc(B(O)O)ccc2F)c1. The van der Waals surface area contributed by atoms with Gasteiger partial charge in [0, 0.05) is 0 Å². The molecule has 0 heterocycles. The van der Waals surface area contributed by atoms with Crippen LogP contribution in [0.3, 0.4) is 0 Å². The molecular weight excluding hydrogens is 262 g/mol. The van der Waals surface area contributed by atoms with Gasteiger partial charge in [-0.05, 0) is 35.3 Å². The van der Waals surface area contributed by atoms with E-state index >= 15 is 0 Å². The van der Waals surface area contributed by atoms with Gasteiger partial charge in [0.05, 0.1) is 7.11 Å². The first kappa shape index (κ1) is 14.4. The van der Waals surface area contributed by atoms with Gasteiger partial charge in [0.25, 0.3) is 0 Å². The van der Waals surface area contributed by atoms with E-state index in [4.69, 9.17) is 19.5 Å². The van der Waals surface area contributed by atoms with E-state index in [9.17, 15) is 4.39 Å². The van der Waals surface area contributed by atoms with Gasteiger partial charge >= 0.3 is 7.12 Å². The molecule has 104 valence electrons. The normalized spacial score (nSPS) is 10.2. The van der Waals surface area contributed by atoms with Crippen LogP contribution in [0.15, 0.2) is 42.5 Å². The van der Waals surface area contributed by atoms with Gasteiger partial charge in [-0.25, -0.2) is 4.39 Å². The smallest absolute Gasteiger partial charge is 0.488 e. The van der Waals surface area contributed by atoms with Crippen molar-refractivity contribution in [3.8, 4) is 11.5 Å². The number of ether oxygens (including phenoxy) is 2.